The predicted octanol–water partition coefficient (Wildman–Crippen LogP) is 3.57. The minimum atomic E-state index is -4.07. The average molecular weight is 575 g/mol. The van der Waals surface area contributed by atoms with Gasteiger partial charge in [-0.15, -0.1) is 0 Å². The normalized spacial score (nSPS) is 17.6. The van der Waals surface area contributed by atoms with E-state index in [0.29, 0.717) is 5.06 Å². The zero-order valence-corrected chi connectivity index (χ0v) is 22.9. The highest BCUT2D eigenvalue weighted by atomic mass is 32.2. The van der Waals surface area contributed by atoms with Crippen molar-refractivity contribution >= 4 is 33.7 Å². The van der Waals surface area contributed by atoms with E-state index < -0.39 is 38.5 Å². The van der Waals surface area contributed by atoms with Gasteiger partial charge in [-0.3, -0.25) is 9.59 Å². The molecule has 0 saturated carbocycles. The zero-order chi connectivity index (χ0) is 28.9. The van der Waals surface area contributed by atoms with E-state index in [2.05, 4.69) is 0 Å². The number of rotatable bonds is 5. The molecule has 1 aliphatic carbocycles. The highest BCUT2D eigenvalue weighted by Crippen LogP contribution is 2.44. The Kier molecular flexibility index (Phi) is 6.41. The maximum atomic E-state index is 13.3. The number of fused-ring (bicyclic) bond motifs is 4. The first-order valence-corrected chi connectivity index (χ1v) is 15.0. The molecule has 0 unspecified atom stereocenters. The molecule has 0 spiro atoms. The van der Waals surface area contributed by atoms with Crippen LogP contribution in [0.5, 0.6) is 0 Å². The highest BCUT2D eigenvalue weighted by Gasteiger charge is 2.54. The van der Waals surface area contributed by atoms with Crippen LogP contribution in [0.15, 0.2) is 72.8 Å². The third kappa shape index (κ3) is 4.28. The molecule has 0 radical (unpaired) electrons. The molecule has 1 saturated heterocycles. The van der Waals surface area contributed by atoms with Crippen LogP contribution in [0.3, 0.4) is 0 Å². The maximum Gasteiger partial charge on any atom is 0.409 e. The minimum Gasteiger partial charge on any atom is -0.448 e. The van der Waals surface area contributed by atoms with E-state index in [-0.39, 0.29) is 49.6 Å². The first-order valence-electron chi connectivity index (χ1n) is 13.1. The molecule has 3 aromatic rings. The number of sulfone groups is 1. The van der Waals surface area contributed by atoms with Crippen molar-refractivity contribution in [3.8, 4) is 11.1 Å². The summed E-state index contributed by atoms with van der Waals surface area (Å²) in [6.45, 7) is -0.0930. The monoisotopic (exact) mass is 574 g/mol. The summed E-state index contributed by atoms with van der Waals surface area (Å²) in [5.74, 6) is -3.07. The van der Waals surface area contributed by atoms with Gasteiger partial charge < -0.3 is 14.5 Å². The van der Waals surface area contributed by atoms with Crippen LogP contribution < -0.4 is 0 Å². The van der Waals surface area contributed by atoms with Crippen LogP contribution in [0.2, 0.25) is 0 Å². The Morgan fingerprint density at radius 2 is 1.27 bits per heavy atom. The summed E-state index contributed by atoms with van der Waals surface area (Å²) in [4.78, 5) is 58.2. The Morgan fingerprint density at radius 1 is 0.805 bits per heavy atom. The van der Waals surface area contributed by atoms with Crippen molar-refractivity contribution in [1.29, 1.82) is 0 Å². The van der Waals surface area contributed by atoms with E-state index in [9.17, 15) is 27.6 Å². The van der Waals surface area contributed by atoms with Gasteiger partial charge in [0, 0.05) is 25.3 Å². The van der Waals surface area contributed by atoms with E-state index in [1.807, 2.05) is 48.5 Å². The summed E-state index contributed by atoms with van der Waals surface area (Å²) in [7, 11) is -4.07. The molecule has 10 nitrogen and oxygen atoms in total. The number of hydrogen-bond donors (Lipinski definition) is 0. The lowest BCUT2D eigenvalue weighted by Gasteiger charge is -2.38. The number of amides is 3. The number of benzene rings is 3. The fourth-order valence-electron chi connectivity index (χ4n) is 5.88. The number of piperidine rings is 1. The van der Waals surface area contributed by atoms with Gasteiger partial charge in [0.1, 0.15) is 6.61 Å². The number of carbonyl (C=O) groups is 4. The van der Waals surface area contributed by atoms with Crippen molar-refractivity contribution in [1.82, 2.24) is 9.96 Å². The highest BCUT2D eigenvalue weighted by molar-refractivity contribution is 7.92. The molecule has 3 aliphatic rings. The second-order valence-corrected chi connectivity index (χ2v) is 12.7. The largest absolute Gasteiger partial charge is 0.448 e. The van der Waals surface area contributed by atoms with Crippen LogP contribution in [0.25, 0.3) is 11.1 Å². The first-order chi connectivity index (χ1) is 19.6. The molecular formula is C30H26N2O8S. The Morgan fingerprint density at radius 3 is 1.76 bits per heavy atom. The second-order valence-electron chi connectivity index (χ2n) is 10.4. The van der Waals surface area contributed by atoms with E-state index in [4.69, 9.17) is 9.57 Å². The summed E-state index contributed by atoms with van der Waals surface area (Å²) in [5.41, 5.74) is 4.43. The van der Waals surface area contributed by atoms with E-state index in [1.165, 1.54) is 17.0 Å². The van der Waals surface area contributed by atoms with Gasteiger partial charge in [-0.25, -0.2) is 18.0 Å². The van der Waals surface area contributed by atoms with Gasteiger partial charge >= 0.3 is 12.1 Å². The fraction of sp³-hybridized carbons (Fsp3) is 0.267. The SMILES string of the molecule is CS(=O)(=O)C1(C(=O)ON2C(=O)c3ccccc3C2=O)CCN(C(=O)OCC2c3ccccc3-c3ccccc32)CC1. The Labute approximate surface area is 236 Å². The predicted molar refractivity (Wildman–Crippen MR) is 146 cm³/mol. The number of hydrogen-bond acceptors (Lipinski definition) is 8. The number of ether oxygens (including phenoxy) is 1. The molecule has 3 aromatic carbocycles. The molecule has 0 bridgehead atoms. The third-order valence-electron chi connectivity index (χ3n) is 8.18. The third-order valence-corrected chi connectivity index (χ3v) is 10.2. The molecule has 1 fully saturated rings. The van der Waals surface area contributed by atoms with Crippen molar-refractivity contribution in [3.05, 3.63) is 95.1 Å². The number of hydroxylamine groups is 2. The van der Waals surface area contributed by atoms with Gasteiger partial charge in [0.15, 0.2) is 14.6 Å². The number of nitrogens with zero attached hydrogens (tertiary/aromatic N) is 2. The molecule has 0 N–H and O–H groups in total. The van der Waals surface area contributed by atoms with Crippen molar-refractivity contribution < 1.29 is 37.2 Å². The molecule has 2 heterocycles. The van der Waals surface area contributed by atoms with Gasteiger partial charge in [0.25, 0.3) is 11.8 Å². The number of carbonyl (C=O) groups excluding carboxylic acids is 4. The molecule has 0 atom stereocenters. The lowest BCUT2D eigenvalue weighted by atomic mass is 9.96. The van der Waals surface area contributed by atoms with Gasteiger partial charge in [0.05, 0.1) is 11.1 Å². The molecule has 2 aliphatic heterocycles. The van der Waals surface area contributed by atoms with Crippen molar-refractivity contribution in [2.24, 2.45) is 0 Å². The summed E-state index contributed by atoms with van der Waals surface area (Å²) < 4.78 is 29.4. The Bertz CT molecular complexity index is 1630. The van der Waals surface area contributed by atoms with Crippen molar-refractivity contribution in [3.63, 3.8) is 0 Å². The summed E-state index contributed by atoms with van der Waals surface area (Å²) in [5, 5.41) is 0.303. The minimum absolute atomic E-state index is 0.0591. The maximum absolute atomic E-state index is 13.3. The van der Waals surface area contributed by atoms with Gasteiger partial charge in [0.2, 0.25) is 0 Å². The van der Waals surface area contributed by atoms with Crippen molar-refractivity contribution in [2.75, 3.05) is 26.0 Å². The zero-order valence-electron chi connectivity index (χ0n) is 22.1. The van der Waals surface area contributed by atoms with Crippen LogP contribution in [-0.2, 0) is 24.2 Å². The van der Waals surface area contributed by atoms with E-state index >= 15 is 0 Å². The smallest absolute Gasteiger partial charge is 0.409 e. The van der Waals surface area contributed by atoms with Crippen LogP contribution in [-0.4, -0.2) is 73.0 Å². The first kappa shape index (κ1) is 26.7. The Balaban J connectivity index is 1.13. The van der Waals surface area contributed by atoms with Gasteiger partial charge in [-0.05, 0) is 47.2 Å². The second kappa shape index (κ2) is 9.84. The number of likely N-dealkylation sites (tertiary alicyclic amines) is 1. The van der Waals surface area contributed by atoms with Crippen LogP contribution >= 0.6 is 0 Å². The lowest BCUT2D eigenvalue weighted by Crippen LogP contribution is -2.57. The molecular weight excluding hydrogens is 548 g/mol. The van der Waals surface area contributed by atoms with Crippen molar-refractivity contribution in [2.45, 2.75) is 23.5 Å². The number of imide groups is 1. The molecule has 0 aromatic heterocycles. The van der Waals surface area contributed by atoms with Crippen LogP contribution in [0, 0.1) is 0 Å². The summed E-state index contributed by atoms with van der Waals surface area (Å²) >= 11 is 0. The Hall–Kier alpha value is -4.51. The lowest BCUT2D eigenvalue weighted by molar-refractivity contribution is -0.173. The molecule has 41 heavy (non-hydrogen) atoms. The molecule has 6 rings (SSSR count). The van der Waals surface area contributed by atoms with E-state index in [0.717, 1.165) is 28.5 Å². The van der Waals surface area contributed by atoms with Gasteiger partial charge in [-0.2, -0.15) is 0 Å². The fourth-order valence-corrected chi connectivity index (χ4v) is 7.14. The molecule has 3 amide bonds. The quantitative estimate of drug-likeness (QED) is 0.423. The molecule has 210 valence electrons. The standard InChI is InChI=1S/C30H26N2O8S/c1-41(37,38)30(28(35)40-32-26(33)23-12-6-7-13-24(23)27(32)34)14-16-31(17-15-30)29(36)39-18-25-21-10-4-2-8-19(21)20-9-3-5-11-22(20)25/h2-13,25H,14-18H2,1H3. The summed E-state index contributed by atoms with van der Waals surface area (Å²) in [6, 6.07) is 21.9. The van der Waals surface area contributed by atoms with Crippen LogP contribution in [0.1, 0.15) is 50.6 Å². The summed E-state index contributed by atoms with van der Waals surface area (Å²) in [6.07, 6.45) is -0.280. The topological polar surface area (TPSA) is 127 Å². The average Bonchev–Trinajstić information content (AvgIpc) is 3.42. The van der Waals surface area contributed by atoms with Crippen LogP contribution in [0.4, 0.5) is 4.79 Å². The van der Waals surface area contributed by atoms with Gasteiger partial charge in [-0.1, -0.05) is 65.7 Å². The molecule has 11 heteroatoms. The van der Waals surface area contributed by atoms with E-state index in [1.54, 1.807) is 12.1 Å².